The maximum Gasteiger partial charge on any atom is 0.254 e. The average Bonchev–Trinajstić information content (AvgIpc) is 2.78. The molecule has 162 valence electrons. The van der Waals surface area contributed by atoms with E-state index in [0.29, 0.717) is 23.8 Å². The fourth-order valence-electron chi connectivity index (χ4n) is 3.80. The first-order valence-electron chi connectivity index (χ1n) is 10.5. The van der Waals surface area contributed by atoms with Crippen molar-refractivity contribution in [1.82, 2.24) is 9.88 Å². The van der Waals surface area contributed by atoms with Gasteiger partial charge in [0.1, 0.15) is 10.9 Å². The van der Waals surface area contributed by atoms with Gasteiger partial charge >= 0.3 is 0 Å². The van der Waals surface area contributed by atoms with Crippen LogP contribution in [0.2, 0.25) is 5.15 Å². The molecule has 0 aliphatic carbocycles. The van der Waals surface area contributed by atoms with Crippen molar-refractivity contribution in [2.24, 2.45) is 0 Å². The third-order valence-electron chi connectivity index (χ3n) is 5.42. The molecule has 4 aromatic rings. The van der Waals surface area contributed by atoms with E-state index in [2.05, 4.69) is 24.0 Å². The fourth-order valence-corrected chi connectivity index (χ4v) is 4.01. The van der Waals surface area contributed by atoms with E-state index in [0.717, 1.165) is 38.9 Å². The van der Waals surface area contributed by atoms with Gasteiger partial charge in [0.25, 0.3) is 5.91 Å². The molecule has 0 aliphatic rings. The summed E-state index contributed by atoms with van der Waals surface area (Å²) in [5, 5.41) is 1.33. The molecule has 3 aromatic carbocycles. The van der Waals surface area contributed by atoms with Crippen molar-refractivity contribution in [1.29, 1.82) is 0 Å². The van der Waals surface area contributed by atoms with E-state index in [4.69, 9.17) is 16.3 Å². The molecule has 4 nitrogen and oxygen atoms in total. The van der Waals surface area contributed by atoms with Crippen LogP contribution in [-0.2, 0) is 13.1 Å². The number of aromatic nitrogens is 1. The molecule has 0 aliphatic heterocycles. The van der Waals surface area contributed by atoms with Crippen LogP contribution in [0.1, 0.15) is 32.6 Å². The first kappa shape index (κ1) is 21.8. The SMILES string of the molecule is COc1ccc2cc(CN(Cc3cccc(C)c3)C(=O)c3cccc(C)c3)c(Cl)nc2c1. The molecule has 0 bridgehead atoms. The molecule has 0 unspecified atom stereocenters. The third-order valence-corrected chi connectivity index (χ3v) is 5.75. The number of aryl methyl sites for hydroxylation is 2. The highest BCUT2D eigenvalue weighted by atomic mass is 35.5. The largest absolute Gasteiger partial charge is 0.497 e. The molecule has 5 heteroatoms. The lowest BCUT2D eigenvalue weighted by atomic mass is 10.1. The van der Waals surface area contributed by atoms with Gasteiger partial charge in [-0.2, -0.15) is 0 Å². The highest BCUT2D eigenvalue weighted by Gasteiger charge is 2.19. The molecule has 0 fully saturated rings. The monoisotopic (exact) mass is 444 g/mol. The summed E-state index contributed by atoms with van der Waals surface area (Å²) in [6.45, 7) is 4.87. The van der Waals surface area contributed by atoms with Crippen LogP contribution in [0.15, 0.2) is 72.8 Å². The lowest BCUT2D eigenvalue weighted by Crippen LogP contribution is -2.30. The Hall–Kier alpha value is -3.37. The van der Waals surface area contributed by atoms with Gasteiger partial charge in [-0.15, -0.1) is 0 Å². The summed E-state index contributed by atoms with van der Waals surface area (Å²) >= 11 is 6.56. The summed E-state index contributed by atoms with van der Waals surface area (Å²) in [5.74, 6) is 0.686. The van der Waals surface area contributed by atoms with Crippen molar-refractivity contribution in [2.75, 3.05) is 7.11 Å². The second-order valence-electron chi connectivity index (χ2n) is 8.02. The number of amides is 1. The van der Waals surface area contributed by atoms with E-state index >= 15 is 0 Å². The number of fused-ring (bicyclic) bond motifs is 1. The number of carbonyl (C=O) groups is 1. The van der Waals surface area contributed by atoms with Gasteiger partial charge in [-0.3, -0.25) is 4.79 Å². The number of halogens is 1. The maximum absolute atomic E-state index is 13.5. The van der Waals surface area contributed by atoms with Crippen LogP contribution in [0.25, 0.3) is 10.9 Å². The molecule has 32 heavy (non-hydrogen) atoms. The van der Waals surface area contributed by atoms with Gasteiger partial charge in [0, 0.05) is 35.7 Å². The lowest BCUT2D eigenvalue weighted by molar-refractivity contribution is 0.0730. The molecular formula is C27H25ClN2O2. The number of hydrogen-bond donors (Lipinski definition) is 0. The minimum Gasteiger partial charge on any atom is -0.497 e. The summed E-state index contributed by atoms with van der Waals surface area (Å²) in [5.41, 5.74) is 5.50. The van der Waals surface area contributed by atoms with Crippen molar-refractivity contribution < 1.29 is 9.53 Å². The number of pyridine rings is 1. The number of ether oxygens (including phenoxy) is 1. The molecular weight excluding hydrogens is 420 g/mol. The van der Waals surface area contributed by atoms with E-state index in [1.165, 1.54) is 0 Å². The zero-order chi connectivity index (χ0) is 22.7. The van der Waals surface area contributed by atoms with Crippen LogP contribution < -0.4 is 4.74 Å². The number of nitrogens with zero attached hydrogens (tertiary/aromatic N) is 2. The van der Waals surface area contributed by atoms with Crippen LogP contribution in [0.5, 0.6) is 5.75 Å². The highest BCUT2D eigenvalue weighted by molar-refractivity contribution is 6.30. The summed E-state index contributed by atoms with van der Waals surface area (Å²) in [6.07, 6.45) is 0. The van der Waals surface area contributed by atoms with E-state index in [9.17, 15) is 4.79 Å². The molecule has 0 saturated heterocycles. The zero-order valence-electron chi connectivity index (χ0n) is 18.4. The van der Waals surface area contributed by atoms with Crippen molar-refractivity contribution in [3.63, 3.8) is 0 Å². The van der Waals surface area contributed by atoms with Gasteiger partial charge in [0.05, 0.1) is 12.6 Å². The summed E-state index contributed by atoms with van der Waals surface area (Å²) in [4.78, 5) is 19.9. The van der Waals surface area contributed by atoms with E-state index < -0.39 is 0 Å². The smallest absolute Gasteiger partial charge is 0.254 e. The summed E-state index contributed by atoms with van der Waals surface area (Å²) < 4.78 is 5.29. The molecule has 4 rings (SSSR count). The zero-order valence-corrected chi connectivity index (χ0v) is 19.2. The van der Waals surface area contributed by atoms with Crippen LogP contribution in [0.3, 0.4) is 0 Å². The number of carbonyl (C=O) groups excluding carboxylic acids is 1. The normalized spacial score (nSPS) is 10.9. The number of hydrogen-bond acceptors (Lipinski definition) is 3. The predicted molar refractivity (Wildman–Crippen MR) is 129 cm³/mol. The topological polar surface area (TPSA) is 42.4 Å². The van der Waals surface area contributed by atoms with Gasteiger partial charge in [-0.25, -0.2) is 4.98 Å². The van der Waals surface area contributed by atoms with Crippen LogP contribution in [-0.4, -0.2) is 22.9 Å². The van der Waals surface area contributed by atoms with Crippen LogP contribution in [0.4, 0.5) is 0 Å². The summed E-state index contributed by atoms with van der Waals surface area (Å²) in [6, 6.07) is 23.6. The Morgan fingerprint density at radius 2 is 1.69 bits per heavy atom. The van der Waals surface area contributed by atoms with E-state index in [1.54, 1.807) is 7.11 Å². The number of rotatable bonds is 6. The second-order valence-corrected chi connectivity index (χ2v) is 8.37. The van der Waals surface area contributed by atoms with Crippen molar-refractivity contribution in [2.45, 2.75) is 26.9 Å². The van der Waals surface area contributed by atoms with Crippen molar-refractivity contribution in [3.05, 3.63) is 106 Å². The Balaban J connectivity index is 1.71. The third kappa shape index (κ3) is 4.92. The van der Waals surface area contributed by atoms with Gasteiger partial charge < -0.3 is 9.64 Å². The molecule has 0 saturated carbocycles. The van der Waals surface area contributed by atoms with Gasteiger partial charge in [-0.05, 0) is 49.7 Å². The lowest BCUT2D eigenvalue weighted by Gasteiger charge is -2.24. The number of methoxy groups -OCH3 is 1. The maximum atomic E-state index is 13.5. The second kappa shape index (κ2) is 9.41. The van der Waals surface area contributed by atoms with Crippen LogP contribution in [0, 0.1) is 13.8 Å². The fraction of sp³-hybridized carbons (Fsp3) is 0.185. The highest BCUT2D eigenvalue weighted by Crippen LogP contribution is 2.26. The molecule has 1 heterocycles. The van der Waals surface area contributed by atoms with Gasteiger partial charge in [0.15, 0.2) is 0 Å². The van der Waals surface area contributed by atoms with E-state index in [-0.39, 0.29) is 5.91 Å². The summed E-state index contributed by atoms with van der Waals surface area (Å²) in [7, 11) is 1.62. The molecule has 0 radical (unpaired) electrons. The minimum absolute atomic E-state index is 0.0406. The first-order chi connectivity index (χ1) is 15.4. The Morgan fingerprint density at radius 1 is 0.938 bits per heavy atom. The first-order valence-corrected chi connectivity index (χ1v) is 10.9. The molecule has 1 aromatic heterocycles. The average molecular weight is 445 g/mol. The minimum atomic E-state index is -0.0406. The van der Waals surface area contributed by atoms with Gasteiger partial charge in [0.2, 0.25) is 0 Å². The molecule has 0 atom stereocenters. The van der Waals surface area contributed by atoms with Crippen LogP contribution >= 0.6 is 11.6 Å². The van der Waals surface area contributed by atoms with Crippen molar-refractivity contribution >= 4 is 28.4 Å². The molecule has 1 amide bonds. The standard InChI is InChI=1S/C27H25ClN2O2/c1-18-6-4-8-20(12-18)16-30(27(31)22-9-5-7-19(2)13-22)17-23-14-21-10-11-24(32-3)15-25(21)29-26(23)28/h4-15H,16-17H2,1-3H3. The molecule has 0 spiro atoms. The Morgan fingerprint density at radius 3 is 2.41 bits per heavy atom. The number of benzene rings is 3. The molecule has 0 N–H and O–H groups in total. The Bertz CT molecular complexity index is 1290. The Labute approximate surface area is 193 Å². The Kier molecular flexibility index (Phi) is 6.42. The quantitative estimate of drug-likeness (QED) is 0.325. The van der Waals surface area contributed by atoms with Gasteiger partial charge in [-0.1, -0.05) is 59.1 Å². The van der Waals surface area contributed by atoms with Crippen molar-refractivity contribution in [3.8, 4) is 5.75 Å². The predicted octanol–water partition coefficient (Wildman–Crippen LogP) is 6.36. The van der Waals surface area contributed by atoms with E-state index in [1.807, 2.05) is 72.5 Å².